The molecule has 2 aliphatic rings. The summed E-state index contributed by atoms with van der Waals surface area (Å²) in [5.74, 6) is -1.06. The summed E-state index contributed by atoms with van der Waals surface area (Å²) in [6.07, 6.45) is 0. The van der Waals surface area contributed by atoms with Crippen LogP contribution in [0.15, 0.2) is 88.1 Å². The molecular formula is C29H23N5O5S. The van der Waals surface area contributed by atoms with E-state index in [-0.39, 0.29) is 39.2 Å². The van der Waals surface area contributed by atoms with Gasteiger partial charge in [0, 0.05) is 34.0 Å². The van der Waals surface area contributed by atoms with Crippen LogP contribution in [0.2, 0.25) is 0 Å². The number of hydrogen-bond acceptors (Lipinski definition) is 5. The van der Waals surface area contributed by atoms with Crippen molar-refractivity contribution in [3.05, 3.63) is 100 Å². The molecule has 8 N–H and O–H groups in total. The molecule has 3 aromatic rings. The Morgan fingerprint density at radius 1 is 0.925 bits per heavy atom. The number of guanidine groups is 1. The van der Waals surface area contributed by atoms with Crippen LogP contribution in [0, 0.1) is 0 Å². The molecule has 5 rings (SSSR count). The van der Waals surface area contributed by atoms with Crippen molar-refractivity contribution >= 4 is 51.6 Å². The highest BCUT2D eigenvalue weighted by Crippen LogP contribution is 2.42. The standard InChI is InChI=1S/C29H23N5O5S/c30-28(31)32-14-15-1-3-16(4-2-15)33-29(40)34-17-5-8-20(23(11-17)27(37)38)26-21-9-6-18(35)12-24(21)39-25-13-19(36)7-10-22(25)26/h1-13,35H,14H2,(H,37,38)(H4,30,31,32)(H2,33,34,40). The molecule has 0 unspecified atom stereocenters. The highest BCUT2D eigenvalue weighted by molar-refractivity contribution is 7.80. The third-order valence-electron chi connectivity index (χ3n) is 6.15. The van der Waals surface area contributed by atoms with Gasteiger partial charge in [0.05, 0.1) is 12.1 Å². The van der Waals surface area contributed by atoms with E-state index < -0.39 is 5.97 Å². The molecule has 0 fully saturated rings. The zero-order valence-corrected chi connectivity index (χ0v) is 21.7. The van der Waals surface area contributed by atoms with Crippen molar-refractivity contribution in [3.63, 3.8) is 0 Å². The first-order chi connectivity index (χ1) is 19.2. The first-order valence-electron chi connectivity index (χ1n) is 12.0. The van der Waals surface area contributed by atoms with Crippen molar-refractivity contribution < 1.29 is 24.4 Å². The van der Waals surface area contributed by atoms with Gasteiger partial charge in [-0.3, -0.25) is 21.3 Å². The van der Waals surface area contributed by atoms with Crippen LogP contribution in [0.1, 0.15) is 15.9 Å². The van der Waals surface area contributed by atoms with E-state index in [9.17, 15) is 19.8 Å². The molecule has 0 spiro atoms. The van der Waals surface area contributed by atoms with Crippen molar-refractivity contribution in [2.24, 2.45) is 11.5 Å². The van der Waals surface area contributed by atoms with Crippen LogP contribution in [0.25, 0.3) is 33.4 Å². The van der Waals surface area contributed by atoms with Crippen LogP contribution in [-0.2, 0) is 6.54 Å². The first-order valence-corrected chi connectivity index (χ1v) is 12.4. The van der Waals surface area contributed by atoms with Gasteiger partial charge < -0.3 is 25.3 Å². The topological polar surface area (TPSA) is 181 Å². The van der Waals surface area contributed by atoms with Crippen molar-refractivity contribution in [1.82, 2.24) is 0 Å². The number of benzene rings is 4. The Balaban J connectivity index is 1.48. The summed E-state index contributed by atoms with van der Waals surface area (Å²) < 4.78 is 5.83. The zero-order chi connectivity index (χ0) is 28.4. The van der Waals surface area contributed by atoms with E-state index in [0.717, 1.165) is 11.3 Å². The molecule has 0 saturated heterocycles. The van der Waals surface area contributed by atoms with E-state index in [4.69, 9.17) is 28.1 Å². The highest BCUT2D eigenvalue weighted by Gasteiger charge is 2.22. The van der Waals surface area contributed by atoms with Gasteiger partial charge in [0.15, 0.2) is 10.5 Å². The molecule has 1 aliphatic carbocycles. The quantitative estimate of drug-likeness (QED) is 0.0788. The summed E-state index contributed by atoms with van der Waals surface area (Å²) in [5, 5.41) is 29.0. The molecule has 11 heteroatoms. The maximum Gasteiger partial charge on any atom is 0.339 e. The lowest BCUT2D eigenvalue weighted by Crippen LogP contribution is -2.76. The maximum atomic E-state index is 12.4. The number of rotatable bonds is 6. The molecule has 200 valence electrons. The van der Waals surface area contributed by atoms with Crippen LogP contribution in [0.5, 0.6) is 5.75 Å². The van der Waals surface area contributed by atoms with Gasteiger partial charge >= 0.3 is 11.9 Å². The minimum Gasteiger partial charge on any atom is -0.872 e. The van der Waals surface area contributed by atoms with Crippen LogP contribution >= 0.6 is 12.2 Å². The van der Waals surface area contributed by atoms with Crippen molar-refractivity contribution in [1.29, 1.82) is 0 Å². The Bertz CT molecular complexity index is 1830. The number of hydrogen-bond donors (Lipinski definition) is 6. The second-order valence-electron chi connectivity index (χ2n) is 8.94. The summed E-state index contributed by atoms with van der Waals surface area (Å²) in [5.41, 5.74) is 14.4. The van der Waals surface area contributed by atoms with Crippen molar-refractivity contribution in [2.75, 3.05) is 10.6 Å². The van der Waals surface area contributed by atoms with E-state index in [0.29, 0.717) is 34.3 Å². The summed E-state index contributed by atoms with van der Waals surface area (Å²) >= 11 is 5.43. The van der Waals surface area contributed by atoms with E-state index in [1.165, 1.54) is 30.3 Å². The summed E-state index contributed by atoms with van der Waals surface area (Å²) in [7, 11) is 0. The summed E-state index contributed by atoms with van der Waals surface area (Å²) in [4.78, 5) is 27.3. The average molecular weight is 554 g/mol. The molecule has 0 amide bonds. The number of nitrogens with two attached hydrogens (primary N) is 2. The van der Waals surface area contributed by atoms with Gasteiger partial charge in [-0.05, 0) is 65.8 Å². The number of carboxylic acid groups (broad SMARTS) is 1. The molecule has 1 heterocycles. The third kappa shape index (κ3) is 5.54. The van der Waals surface area contributed by atoms with Gasteiger partial charge in [-0.2, -0.15) is 0 Å². The van der Waals surface area contributed by atoms with Gasteiger partial charge in [-0.15, -0.1) is 5.75 Å². The largest absolute Gasteiger partial charge is 0.872 e. The predicted molar refractivity (Wildman–Crippen MR) is 155 cm³/mol. The fourth-order valence-electron chi connectivity index (χ4n) is 4.36. The maximum absolute atomic E-state index is 12.4. The van der Waals surface area contributed by atoms with Crippen LogP contribution in [0.4, 0.5) is 11.4 Å². The van der Waals surface area contributed by atoms with Gasteiger partial charge in [0.1, 0.15) is 11.3 Å². The summed E-state index contributed by atoms with van der Waals surface area (Å²) in [6.45, 7) is 0.478. The lowest BCUT2D eigenvalue weighted by molar-refractivity contribution is -0.477. The summed E-state index contributed by atoms with van der Waals surface area (Å²) in [6, 6.07) is 20.8. The Labute approximate surface area is 232 Å². The van der Waals surface area contributed by atoms with Crippen molar-refractivity contribution in [3.8, 4) is 28.2 Å². The van der Waals surface area contributed by atoms with Gasteiger partial charge in [0.25, 0.3) is 0 Å². The molecule has 0 atom stereocenters. The van der Waals surface area contributed by atoms with Gasteiger partial charge in [0.2, 0.25) is 0 Å². The van der Waals surface area contributed by atoms with E-state index in [1.54, 1.807) is 24.3 Å². The Morgan fingerprint density at radius 3 is 2.35 bits per heavy atom. The number of anilines is 2. The fourth-order valence-corrected chi connectivity index (χ4v) is 4.60. The third-order valence-corrected chi connectivity index (χ3v) is 6.35. The number of nitrogens with one attached hydrogen (secondary N) is 3. The lowest BCUT2D eigenvalue weighted by atomic mass is 9.90. The molecule has 10 nitrogen and oxygen atoms in total. The van der Waals surface area contributed by atoms with E-state index >= 15 is 0 Å². The first kappa shape index (κ1) is 26.2. The van der Waals surface area contributed by atoms with E-state index in [1.807, 2.05) is 24.3 Å². The number of carbonyl (C=O) groups is 1. The molecule has 0 saturated carbocycles. The smallest absolute Gasteiger partial charge is 0.339 e. The minimum atomic E-state index is -1.17. The van der Waals surface area contributed by atoms with Crippen LogP contribution in [-0.4, -0.2) is 22.1 Å². The molecule has 0 aromatic heterocycles. The second kappa shape index (κ2) is 10.8. The molecule has 40 heavy (non-hydrogen) atoms. The minimum absolute atomic E-state index is 0.00756. The average Bonchev–Trinajstić information content (AvgIpc) is 2.91. The van der Waals surface area contributed by atoms with Gasteiger partial charge in [-0.25, -0.2) is 4.79 Å². The fraction of sp³-hybridized carbons (Fsp3) is 0.0345. The Hall–Kier alpha value is -5.42. The van der Waals surface area contributed by atoms with Crippen LogP contribution in [0.3, 0.4) is 0 Å². The Morgan fingerprint density at radius 2 is 1.62 bits per heavy atom. The Kier molecular flexibility index (Phi) is 7.04. The molecule has 1 aliphatic heterocycles. The zero-order valence-electron chi connectivity index (χ0n) is 20.9. The normalized spacial score (nSPS) is 10.8. The molecule has 3 aromatic carbocycles. The number of thiocarbonyl (C=S) groups is 1. The predicted octanol–water partition coefficient (Wildman–Crippen LogP) is 2.00. The monoisotopic (exact) mass is 553 g/mol. The van der Waals surface area contributed by atoms with Gasteiger partial charge in [-0.1, -0.05) is 30.3 Å². The molecular weight excluding hydrogens is 530 g/mol. The second-order valence-corrected chi connectivity index (χ2v) is 9.35. The SMILES string of the molecule is NC(N)=[NH+]Cc1ccc(NC(=S)Nc2ccc(-c3c4ccc(=O)cc-4oc4cc([O-])ccc34)c(C(=O)O)c2)cc1. The lowest BCUT2D eigenvalue weighted by Gasteiger charge is -2.18. The number of fused-ring (bicyclic) bond motifs is 2. The highest BCUT2D eigenvalue weighted by atomic mass is 32.1. The van der Waals surface area contributed by atoms with Crippen molar-refractivity contribution in [2.45, 2.75) is 6.54 Å². The number of carboxylic acids is 1. The molecule has 0 radical (unpaired) electrons. The number of aromatic carboxylic acids is 1. The van der Waals surface area contributed by atoms with E-state index in [2.05, 4.69) is 15.6 Å². The van der Waals surface area contributed by atoms with Crippen LogP contribution < -0.4 is 37.6 Å². The molecule has 0 bridgehead atoms.